The Labute approximate surface area is 184 Å². The van der Waals surface area contributed by atoms with Gasteiger partial charge in [0.1, 0.15) is 5.65 Å². The monoisotopic (exact) mass is 445 g/mol. The van der Waals surface area contributed by atoms with Crippen LogP contribution in [0.15, 0.2) is 24.7 Å². The molecule has 2 amide bonds. The number of amides is 2. The molecule has 2 atom stereocenters. The van der Waals surface area contributed by atoms with Crippen LogP contribution in [0.4, 0.5) is 15.0 Å². The van der Waals surface area contributed by atoms with E-state index in [9.17, 15) is 9.18 Å². The van der Waals surface area contributed by atoms with Crippen LogP contribution in [-0.4, -0.2) is 44.6 Å². The van der Waals surface area contributed by atoms with E-state index >= 15 is 0 Å². The van der Waals surface area contributed by atoms with Gasteiger partial charge in [-0.1, -0.05) is 31.4 Å². The molecule has 0 aliphatic heterocycles. The molecule has 0 unspecified atom stereocenters. The maximum Gasteiger partial charge on any atom is 0.315 e. The summed E-state index contributed by atoms with van der Waals surface area (Å²) in [6.07, 6.45) is 8.94. The Hall–Kier alpha value is -2.94. The Morgan fingerprint density at radius 3 is 2.87 bits per heavy atom. The average Bonchev–Trinajstić information content (AvgIpc) is 3.18. The third-order valence-corrected chi connectivity index (χ3v) is 5.63. The first-order valence-electron chi connectivity index (χ1n) is 10.5. The highest BCUT2D eigenvalue weighted by molar-refractivity contribution is 6.31. The third kappa shape index (κ3) is 4.87. The summed E-state index contributed by atoms with van der Waals surface area (Å²) in [5.74, 6) is -0.0678. The molecule has 0 aromatic carbocycles. The van der Waals surface area contributed by atoms with E-state index in [1.54, 1.807) is 18.5 Å². The Kier molecular flexibility index (Phi) is 6.50. The van der Waals surface area contributed by atoms with Crippen molar-refractivity contribution in [2.45, 2.75) is 51.1 Å². The number of fused-ring (bicyclic) bond motifs is 1. The molecule has 0 saturated heterocycles. The second-order valence-electron chi connectivity index (χ2n) is 7.68. The minimum absolute atomic E-state index is 0.112. The molecule has 3 aromatic rings. The SMILES string of the molecule is CCCNC(=O)N[C@H]1CCCC[C@H]1Nc1nc(-c2c[nH]c3ncc(Cl)cc23)ncc1F. The van der Waals surface area contributed by atoms with Gasteiger partial charge >= 0.3 is 6.03 Å². The molecular weight excluding hydrogens is 421 g/mol. The zero-order valence-corrected chi connectivity index (χ0v) is 18.0. The number of rotatable bonds is 6. The average molecular weight is 446 g/mol. The van der Waals surface area contributed by atoms with Crippen molar-refractivity contribution in [3.05, 3.63) is 35.5 Å². The molecule has 1 fully saturated rings. The van der Waals surface area contributed by atoms with Gasteiger partial charge in [-0.3, -0.25) is 0 Å². The topological polar surface area (TPSA) is 108 Å². The number of carbonyl (C=O) groups is 1. The van der Waals surface area contributed by atoms with Crippen molar-refractivity contribution in [1.29, 1.82) is 0 Å². The van der Waals surface area contributed by atoms with Crippen LogP contribution in [0, 0.1) is 5.82 Å². The van der Waals surface area contributed by atoms with Crippen molar-refractivity contribution in [3.8, 4) is 11.4 Å². The highest BCUT2D eigenvalue weighted by Gasteiger charge is 2.28. The second kappa shape index (κ2) is 9.47. The van der Waals surface area contributed by atoms with Crippen LogP contribution >= 0.6 is 11.6 Å². The predicted octanol–water partition coefficient (Wildman–Crippen LogP) is 4.24. The molecule has 164 valence electrons. The number of carbonyl (C=O) groups excluding carboxylic acids is 1. The molecule has 3 heterocycles. The van der Waals surface area contributed by atoms with Crippen molar-refractivity contribution >= 4 is 34.5 Å². The highest BCUT2D eigenvalue weighted by atomic mass is 35.5. The molecule has 3 aromatic heterocycles. The summed E-state index contributed by atoms with van der Waals surface area (Å²) in [4.78, 5) is 28.0. The summed E-state index contributed by atoms with van der Waals surface area (Å²) in [7, 11) is 0. The van der Waals surface area contributed by atoms with Crippen molar-refractivity contribution < 1.29 is 9.18 Å². The number of aromatic nitrogens is 4. The molecule has 31 heavy (non-hydrogen) atoms. The maximum absolute atomic E-state index is 14.6. The summed E-state index contributed by atoms with van der Waals surface area (Å²) >= 11 is 6.08. The molecular formula is C21H25ClFN7O. The number of nitrogens with zero attached hydrogens (tertiary/aromatic N) is 3. The number of anilines is 1. The van der Waals surface area contributed by atoms with Gasteiger partial charge in [-0.15, -0.1) is 0 Å². The maximum atomic E-state index is 14.6. The Morgan fingerprint density at radius 2 is 2.06 bits per heavy atom. The number of aromatic amines is 1. The van der Waals surface area contributed by atoms with E-state index in [1.165, 1.54) is 0 Å². The fourth-order valence-electron chi connectivity index (χ4n) is 3.87. The third-order valence-electron chi connectivity index (χ3n) is 5.42. The molecule has 10 heteroatoms. The number of nitrogens with one attached hydrogen (secondary N) is 4. The summed E-state index contributed by atoms with van der Waals surface area (Å²) in [6.45, 7) is 2.61. The molecule has 1 aliphatic carbocycles. The Bertz CT molecular complexity index is 1070. The van der Waals surface area contributed by atoms with Gasteiger partial charge in [0, 0.05) is 35.9 Å². The van der Waals surface area contributed by atoms with E-state index in [0.29, 0.717) is 28.6 Å². The lowest BCUT2D eigenvalue weighted by Crippen LogP contribution is -2.51. The van der Waals surface area contributed by atoms with Gasteiger partial charge in [0.2, 0.25) is 0 Å². The molecule has 0 bridgehead atoms. The zero-order valence-electron chi connectivity index (χ0n) is 17.2. The van der Waals surface area contributed by atoms with E-state index in [1.807, 2.05) is 6.92 Å². The minimum atomic E-state index is -0.542. The normalized spacial score (nSPS) is 18.7. The molecule has 1 saturated carbocycles. The number of pyridine rings is 1. The summed E-state index contributed by atoms with van der Waals surface area (Å²) in [5, 5.41) is 10.3. The van der Waals surface area contributed by atoms with Crippen molar-refractivity contribution in [1.82, 2.24) is 30.6 Å². The van der Waals surface area contributed by atoms with Crippen LogP contribution in [-0.2, 0) is 0 Å². The van der Waals surface area contributed by atoms with Gasteiger partial charge < -0.3 is 20.9 Å². The lowest BCUT2D eigenvalue weighted by molar-refractivity contribution is 0.230. The van der Waals surface area contributed by atoms with E-state index < -0.39 is 5.82 Å². The smallest absolute Gasteiger partial charge is 0.315 e. The molecule has 8 nitrogen and oxygen atoms in total. The number of H-pyrrole nitrogens is 1. The van der Waals surface area contributed by atoms with Crippen LogP contribution in [0.5, 0.6) is 0 Å². The minimum Gasteiger partial charge on any atom is -0.363 e. The van der Waals surface area contributed by atoms with Crippen molar-refractivity contribution in [2.24, 2.45) is 0 Å². The first-order chi connectivity index (χ1) is 15.0. The molecule has 4 N–H and O–H groups in total. The molecule has 0 radical (unpaired) electrons. The standard InChI is InChI=1S/C21H25ClFN7O/c1-2-7-24-21(31)29-17-6-4-3-5-16(17)28-20-15(23)11-27-19(30-20)14-10-26-18-13(14)8-12(22)9-25-18/h8-11,16-17H,2-7H2,1H3,(H,25,26)(H2,24,29,31)(H,27,28,30)/t16-,17+/m1/s1. The first kappa shape index (κ1) is 21.3. The van der Waals surface area contributed by atoms with E-state index in [4.69, 9.17) is 11.6 Å². The number of hydrogen-bond acceptors (Lipinski definition) is 5. The lowest BCUT2D eigenvalue weighted by Gasteiger charge is -2.33. The predicted molar refractivity (Wildman–Crippen MR) is 119 cm³/mol. The fourth-order valence-corrected chi connectivity index (χ4v) is 4.03. The van der Waals surface area contributed by atoms with Gasteiger partial charge in [-0.2, -0.15) is 0 Å². The second-order valence-corrected chi connectivity index (χ2v) is 8.12. The molecule has 0 spiro atoms. The lowest BCUT2D eigenvalue weighted by atomic mass is 9.90. The van der Waals surface area contributed by atoms with Gasteiger partial charge in [0.15, 0.2) is 17.5 Å². The first-order valence-corrected chi connectivity index (χ1v) is 10.9. The molecule has 1 aliphatic rings. The van der Waals surface area contributed by atoms with Gasteiger partial charge in [0.25, 0.3) is 0 Å². The van der Waals surface area contributed by atoms with Crippen LogP contribution in [0.2, 0.25) is 5.02 Å². The van der Waals surface area contributed by atoms with Crippen molar-refractivity contribution in [3.63, 3.8) is 0 Å². The van der Waals surface area contributed by atoms with E-state index in [0.717, 1.165) is 43.7 Å². The summed E-state index contributed by atoms with van der Waals surface area (Å²) < 4.78 is 14.6. The quantitative estimate of drug-likeness (QED) is 0.453. The highest BCUT2D eigenvalue weighted by Crippen LogP contribution is 2.29. The Balaban J connectivity index is 1.56. The number of halogens is 2. The largest absolute Gasteiger partial charge is 0.363 e. The number of urea groups is 1. The Morgan fingerprint density at radius 1 is 1.26 bits per heavy atom. The zero-order chi connectivity index (χ0) is 21.8. The molecule has 4 rings (SSSR count). The van der Waals surface area contributed by atoms with Gasteiger partial charge in [0.05, 0.1) is 17.3 Å². The van der Waals surface area contributed by atoms with Crippen LogP contribution in [0.25, 0.3) is 22.4 Å². The van der Waals surface area contributed by atoms with E-state index in [2.05, 4.69) is 35.9 Å². The summed E-state index contributed by atoms with van der Waals surface area (Å²) in [5.41, 5.74) is 1.33. The van der Waals surface area contributed by atoms with E-state index in [-0.39, 0.29) is 23.9 Å². The summed E-state index contributed by atoms with van der Waals surface area (Å²) in [6, 6.07) is 1.33. The van der Waals surface area contributed by atoms with Crippen LogP contribution in [0.1, 0.15) is 39.0 Å². The number of hydrogen-bond donors (Lipinski definition) is 4. The fraction of sp³-hybridized carbons (Fsp3) is 0.429. The van der Waals surface area contributed by atoms with Crippen molar-refractivity contribution in [2.75, 3.05) is 11.9 Å². The van der Waals surface area contributed by atoms with Crippen LogP contribution in [0.3, 0.4) is 0 Å². The van der Waals surface area contributed by atoms with Gasteiger partial charge in [-0.05, 0) is 25.3 Å². The van der Waals surface area contributed by atoms with Crippen LogP contribution < -0.4 is 16.0 Å². The van der Waals surface area contributed by atoms with Gasteiger partial charge in [-0.25, -0.2) is 24.1 Å².